The van der Waals surface area contributed by atoms with E-state index in [0.29, 0.717) is 5.92 Å². The summed E-state index contributed by atoms with van der Waals surface area (Å²) < 4.78 is 23.6. The number of hydrogen-bond donors (Lipinski definition) is 1. The Kier molecular flexibility index (Phi) is 4.81. The van der Waals surface area contributed by atoms with Crippen molar-refractivity contribution in [1.29, 1.82) is 0 Å². The molecule has 3 atom stereocenters. The maximum absolute atomic E-state index is 11.8. The van der Waals surface area contributed by atoms with Gasteiger partial charge >= 0.3 is 0 Å². The summed E-state index contributed by atoms with van der Waals surface area (Å²) in [7, 11) is -0.991. The highest BCUT2D eigenvalue weighted by molar-refractivity contribution is 7.91. The fourth-order valence-corrected chi connectivity index (χ4v) is 4.53. The molecule has 0 bridgehead atoms. The summed E-state index contributed by atoms with van der Waals surface area (Å²) in [4.78, 5) is 4.35. The number of hydrogen-bond acceptors (Lipinski definition) is 4. The molecule has 1 saturated carbocycles. The second-order valence-electron chi connectivity index (χ2n) is 5.82. The lowest BCUT2D eigenvalue weighted by Gasteiger charge is -2.34. The molecule has 0 radical (unpaired) electrons. The molecular formula is C15H24N2O2S. The quantitative estimate of drug-likeness (QED) is 0.926. The number of nitrogens with zero attached hydrogens (tertiary/aromatic N) is 1. The second-order valence-corrected chi connectivity index (χ2v) is 8.15. The highest BCUT2D eigenvalue weighted by atomic mass is 32.2. The molecule has 0 saturated heterocycles. The first-order valence-corrected chi connectivity index (χ1v) is 9.16. The third kappa shape index (κ3) is 3.38. The Bertz CT molecular complexity index is 557. The van der Waals surface area contributed by atoms with Crippen LogP contribution in [-0.2, 0) is 9.84 Å². The van der Waals surface area contributed by atoms with Gasteiger partial charge in [-0.05, 0) is 50.8 Å². The van der Waals surface area contributed by atoms with E-state index in [0.717, 1.165) is 31.4 Å². The Morgan fingerprint density at radius 1 is 1.40 bits per heavy atom. The minimum absolute atomic E-state index is 0.186. The predicted octanol–water partition coefficient (Wildman–Crippen LogP) is 2.25. The van der Waals surface area contributed by atoms with E-state index in [9.17, 15) is 8.42 Å². The first-order chi connectivity index (χ1) is 9.43. The summed E-state index contributed by atoms with van der Waals surface area (Å²) in [6.07, 6.45) is 6.78. The molecule has 1 heterocycles. The SMILES string of the molecule is CNC(c1cccnc1C)C1CCCC(S(C)(=O)=O)C1. The zero-order valence-electron chi connectivity index (χ0n) is 12.5. The van der Waals surface area contributed by atoms with Crippen molar-refractivity contribution in [2.45, 2.75) is 43.9 Å². The fraction of sp³-hybridized carbons (Fsp3) is 0.667. The minimum Gasteiger partial charge on any atom is -0.313 e. The van der Waals surface area contributed by atoms with Crippen LogP contribution in [0.5, 0.6) is 0 Å². The topological polar surface area (TPSA) is 59.1 Å². The zero-order chi connectivity index (χ0) is 14.8. The van der Waals surface area contributed by atoms with E-state index in [1.165, 1.54) is 11.8 Å². The van der Waals surface area contributed by atoms with Gasteiger partial charge in [0.15, 0.2) is 0 Å². The third-order valence-electron chi connectivity index (χ3n) is 4.44. The van der Waals surface area contributed by atoms with Crippen LogP contribution in [0.1, 0.15) is 43.0 Å². The lowest BCUT2D eigenvalue weighted by atomic mass is 9.80. The first kappa shape index (κ1) is 15.4. The summed E-state index contributed by atoms with van der Waals surface area (Å²) in [6, 6.07) is 4.23. The number of nitrogens with one attached hydrogen (secondary N) is 1. The standard InChI is InChI=1S/C15H24N2O2S/c1-11-14(8-5-9-17-11)15(16-2)12-6-4-7-13(10-12)20(3,18)19/h5,8-9,12-13,15-16H,4,6-7,10H2,1-3H3. The van der Waals surface area contributed by atoms with Crippen molar-refractivity contribution >= 4 is 9.84 Å². The monoisotopic (exact) mass is 296 g/mol. The van der Waals surface area contributed by atoms with Gasteiger partial charge in [0, 0.05) is 24.2 Å². The summed E-state index contributed by atoms with van der Waals surface area (Å²) in [6.45, 7) is 2.01. The van der Waals surface area contributed by atoms with Gasteiger partial charge in [0.2, 0.25) is 0 Å². The van der Waals surface area contributed by atoms with Crippen LogP contribution >= 0.6 is 0 Å². The summed E-state index contributed by atoms with van der Waals surface area (Å²) in [5, 5.41) is 3.18. The van der Waals surface area contributed by atoms with Crippen LogP contribution in [0.4, 0.5) is 0 Å². The Labute approximate surface area is 121 Å². The predicted molar refractivity (Wildman–Crippen MR) is 81.4 cm³/mol. The molecule has 1 fully saturated rings. The fourth-order valence-electron chi connectivity index (χ4n) is 3.34. The molecule has 1 aromatic heterocycles. The lowest BCUT2D eigenvalue weighted by Crippen LogP contribution is -2.34. The smallest absolute Gasteiger partial charge is 0.150 e. The largest absolute Gasteiger partial charge is 0.313 e. The maximum atomic E-state index is 11.8. The molecule has 1 aliphatic rings. The minimum atomic E-state index is -2.94. The van der Waals surface area contributed by atoms with E-state index < -0.39 is 9.84 Å². The Morgan fingerprint density at radius 2 is 2.15 bits per heavy atom. The molecule has 0 spiro atoms. The normalized spacial score (nSPS) is 25.4. The molecule has 0 aromatic carbocycles. The summed E-state index contributed by atoms with van der Waals surface area (Å²) >= 11 is 0. The molecule has 4 nitrogen and oxygen atoms in total. The molecule has 5 heteroatoms. The lowest BCUT2D eigenvalue weighted by molar-refractivity contribution is 0.281. The van der Waals surface area contributed by atoms with Crippen LogP contribution in [0.2, 0.25) is 0 Å². The Balaban J connectivity index is 2.22. The van der Waals surface area contributed by atoms with Gasteiger partial charge in [-0.1, -0.05) is 12.5 Å². The summed E-state index contributed by atoms with van der Waals surface area (Å²) in [5.74, 6) is 0.358. The van der Waals surface area contributed by atoms with Crippen molar-refractivity contribution in [2.24, 2.45) is 5.92 Å². The number of aryl methyl sites for hydroxylation is 1. The molecular weight excluding hydrogens is 272 g/mol. The molecule has 20 heavy (non-hydrogen) atoms. The van der Waals surface area contributed by atoms with E-state index in [1.807, 2.05) is 20.0 Å². The second kappa shape index (κ2) is 6.22. The number of sulfone groups is 1. The van der Waals surface area contributed by atoms with E-state index >= 15 is 0 Å². The molecule has 1 aromatic rings. The molecule has 112 valence electrons. The third-order valence-corrected chi connectivity index (χ3v) is 6.08. The van der Waals surface area contributed by atoms with Gasteiger partial charge in [0.1, 0.15) is 9.84 Å². The molecule has 3 unspecified atom stereocenters. The Morgan fingerprint density at radius 3 is 2.75 bits per heavy atom. The molecule has 0 amide bonds. The zero-order valence-corrected chi connectivity index (χ0v) is 13.3. The van der Waals surface area contributed by atoms with Crippen molar-refractivity contribution in [1.82, 2.24) is 10.3 Å². The molecule has 1 N–H and O–H groups in total. The molecule has 0 aliphatic heterocycles. The van der Waals surface area contributed by atoms with E-state index in [2.05, 4.69) is 16.4 Å². The van der Waals surface area contributed by atoms with Crippen LogP contribution in [0, 0.1) is 12.8 Å². The maximum Gasteiger partial charge on any atom is 0.150 e. The molecule has 2 rings (SSSR count). The van der Waals surface area contributed by atoms with Gasteiger partial charge in [-0.25, -0.2) is 8.42 Å². The van der Waals surface area contributed by atoms with E-state index in [4.69, 9.17) is 0 Å². The van der Waals surface area contributed by atoms with Crippen LogP contribution in [0.3, 0.4) is 0 Å². The van der Waals surface area contributed by atoms with E-state index in [1.54, 1.807) is 6.20 Å². The Hall–Kier alpha value is -0.940. The van der Waals surface area contributed by atoms with Gasteiger partial charge in [-0.2, -0.15) is 0 Å². The van der Waals surface area contributed by atoms with Gasteiger partial charge in [-0.15, -0.1) is 0 Å². The van der Waals surface area contributed by atoms with Crippen molar-refractivity contribution < 1.29 is 8.42 Å². The first-order valence-electron chi connectivity index (χ1n) is 7.21. The number of aromatic nitrogens is 1. The van der Waals surface area contributed by atoms with Crippen molar-refractivity contribution in [3.05, 3.63) is 29.6 Å². The molecule has 1 aliphatic carbocycles. The number of rotatable bonds is 4. The summed E-state index contributed by atoms with van der Waals surface area (Å²) in [5.41, 5.74) is 2.21. The van der Waals surface area contributed by atoms with Crippen LogP contribution < -0.4 is 5.32 Å². The van der Waals surface area contributed by atoms with Gasteiger partial charge in [-0.3, -0.25) is 4.98 Å². The van der Waals surface area contributed by atoms with E-state index in [-0.39, 0.29) is 11.3 Å². The number of pyridine rings is 1. The average Bonchev–Trinajstić information content (AvgIpc) is 2.41. The van der Waals surface area contributed by atoms with Crippen LogP contribution in [-0.4, -0.2) is 32.0 Å². The van der Waals surface area contributed by atoms with Crippen molar-refractivity contribution in [2.75, 3.05) is 13.3 Å². The van der Waals surface area contributed by atoms with Crippen molar-refractivity contribution in [3.63, 3.8) is 0 Å². The van der Waals surface area contributed by atoms with Crippen molar-refractivity contribution in [3.8, 4) is 0 Å². The van der Waals surface area contributed by atoms with Gasteiger partial charge in [0.25, 0.3) is 0 Å². The van der Waals surface area contributed by atoms with Gasteiger partial charge in [0.05, 0.1) is 5.25 Å². The van der Waals surface area contributed by atoms with Crippen LogP contribution in [0.25, 0.3) is 0 Å². The average molecular weight is 296 g/mol. The highest BCUT2D eigenvalue weighted by Crippen LogP contribution is 2.37. The highest BCUT2D eigenvalue weighted by Gasteiger charge is 2.33. The van der Waals surface area contributed by atoms with Crippen LogP contribution in [0.15, 0.2) is 18.3 Å². The van der Waals surface area contributed by atoms with Gasteiger partial charge < -0.3 is 5.32 Å².